The van der Waals surface area contributed by atoms with E-state index in [1.165, 1.54) is 35.2 Å². The third-order valence-corrected chi connectivity index (χ3v) is 9.13. The highest BCUT2D eigenvalue weighted by Crippen LogP contribution is 2.45. The molecule has 261 valence electrons. The number of hydrogen-bond acceptors (Lipinski definition) is 6. The van der Waals surface area contributed by atoms with Crippen LogP contribution in [0.15, 0.2) is 48.9 Å². The van der Waals surface area contributed by atoms with E-state index in [1.807, 2.05) is 7.28 Å². The van der Waals surface area contributed by atoms with Gasteiger partial charge in [0.05, 0.1) is 34.7 Å². The van der Waals surface area contributed by atoms with E-state index >= 15 is 0 Å². The molecule has 3 aliphatic rings. The Morgan fingerprint density at radius 1 is 1.00 bits per heavy atom. The summed E-state index contributed by atoms with van der Waals surface area (Å²) in [6.07, 6.45) is -5.93. The van der Waals surface area contributed by atoms with Crippen LogP contribution in [-0.4, -0.2) is 71.0 Å². The van der Waals surface area contributed by atoms with Gasteiger partial charge < -0.3 is 19.6 Å². The molecule has 0 spiro atoms. The minimum Gasteiger partial charge on any atom is -0.481 e. The first-order valence-corrected chi connectivity index (χ1v) is 15.5. The molecule has 48 heavy (non-hydrogen) atoms. The van der Waals surface area contributed by atoms with Gasteiger partial charge in [-0.25, -0.2) is 14.1 Å². The van der Waals surface area contributed by atoms with E-state index in [4.69, 9.17) is 14.6 Å². The van der Waals surface area contributed by atoms with Crippen molar-refractivity contribution in [2.24, 2.45) is 0 Å². The number of hydroxylamine groups is 2. The molecule has 0 saturated carbocycles. The van der Waals surface area contributed by atoms with Crippen LogP contribution in [0.5, 0.6) is 0 Å². The van der Waals surface area contributed by atoms with Crippen LogP contribution in [0.2, 0.25) is 0 Å². The molecule has 5 rings (SSSR count). The Morgan fingerprint density at radius 3 is 2.17 bits per heavy atom. The van der Waals surface area contributed by atoms with Gasteiger partial charge in [-0.05, 0) is 99.0 Å². The number of piperazine rings is 1. The number of halogens is 7. The highest BCUT2D eigenvalue weighted by molar-refractivity contribution is 6.44. The Hall–Kier alpha value is -3.50. The summed E-state index contributed by atoms with van der Waals surface area (Å²) in [7, 11) is 3.19. The average molecular weight is 686 g/mol. The number of carbonyl (C=O) groups is 1. The van der Waals surface area contributed by atoms with Crippen molar-refractivity contribution in [3.8, 4) is 0 Å². The lowest BCUT2D eigenvalue weighted by Gasteiger charge is -2.50. The van der Waals surface area contributed by atoms with Crippen LogP contribution in [0.3, 0.4) is 0 Å². The number of rotatable bonds is 8. The molecule has 2 aromatic carbocycles. The molecule has 3 heterocycles. The smallest absolute Gasteiger partial charge is 0.416 e. The van der Waals surface area contributed by atoms with Gasteiger partial charge in [0.1, 0.15) is 5.82 Å². The van der Waals surface area contributed by atoms with Crippen LogP contribution in [0.25, 0.3) is 0 Å². The maximum absolute atomic E-state index is 14.1. The Kier molecular flexibility index (Phi) is 10.0. The lowest BCUT2D eigenvalue weighted by molar-refractivity contribution is -0.463. The number of nitrogens with zero attached hydrogens (tertiary/aromatic N) is 3. The molecule has 0 aliphatic carbocycles. The van der Waals surface area contributed by atoms with E-state index in [-0.39, 0.29) is 37.2 Å². The number of ether oxygens (including phenoxy) is 1. The highest BCUT2D eigenvalue weighted by Gasteiger charge is 2.53. The van der Waals surface area contributed by atoms with Crippen molar-refractivity contribution < 1.29 is 55.2 Å². The second-order valence-electron chi connectivity index (χ2n) is 12.8. The molecule has 3 aliphatic heterocycles. The molecule has 8 nitrogen and oxygen atoms in total. The van der Waals surface area contributed by atoms with E-state index in [2.05, 4.69) is 6.58 Å². The molecule has 3 saturated heterocycles. The first-order valence-electron chi connectivity index (χ1n) is 15.5. The third-order valence-electron chi connectivity index (χ3n) is 9.13. The lowest BCUT2D eigenvalue weighted by Crippen LogP contribution is -2.60. The van der Waals surface area contributed by atoms with Gasteiger partial charge >= 0.3 is 18.4 Å². The number of aryl methyl sites for hydroxylation is 1. The summed E-state index contributed by atoms with van der Waals surface area (Å²) in [5, 5.41) is 11.2. The Labute approximate surface area is 274 Å². The summed E-state index contributed by atoms with van der Waals surface area (Å²) >= 11 is 0. The van der Waals surface area contributed by atoms with Crippen molar-refractivity contribution in [1.29, 1.82) is 0 Å². The zero-order valence-electron chi connectivity index (χ0n) is 26.5. The van der Waals surface area contributed by atoms with Crippen molar-refractivity contribution in [3.05, 3.63) is 82.6 Å². The van der Waals surface area contributed by atoms with E-state index in [9.17, 15) is 40.6 Å². The predicted octanol–water partition coefficient (Wildman–Crippen LogP) is 7.46. The number of amides is 2. The molecular formula is C32H36BF7N3O5. The van der Waals surface area contributed by atoms with Crippen LogP contribution in [-0.2, 0) is 33.5 Å². The van der Waals surface area contributed by atoms with Crippen LogP contribution < -0.4 is 0 Å². The SMILES string of the molecule is C=C(O)OC12[B]C(OON3CCN(C(=O)N(C)Cc4cc(C(F)(F)F)cc(C(F)(F)F)c4)[C@@H](c4ccc(F)cc4C)C3)(CCC1)CCC2. The van der Waals surface area contributed by atoms with Gasteiger partial charge in [-0.2, -0.15) is 31.4 Å². The summed E-state index contributed by atoms with van der Waals surface area (Å²) in [6, 6.07) is 3.86. The fraction of sp³-hybridized carbons (Fsp3) is 0.531. The van der Waals surface area contributed by atoms with E-state index in [0.29, 0.717) is 48.9 Å². The number of aliphatic hydroxyl groups excluding tert-OH is 1. The summed E-state index contributed by atoms with van der Waals surface area (Å²) in [6.45, 7) is 4.81. The highest BCUT2D eigenvalue weighted by atomic mass is 19.4. The zero-order valence-corrected chi connectivity index (χ0v) is 26.5. The molecular weight excluding hydrogens is 650 g/mol. The summed E-state index contributed by atoms with van der Waals surface area (Å²) in [5.74, 6) is -0.883. The first-order chi connectivity index (χ1) is 22.4. The van der Waals surface area contributed by atoms with Gasteiger partial charge in [-0.3, -0.25) is 0 Å². The number of carbonyl (C=O) groups excluding carboxylic acids is 1. The number of fused-ring (bicyclic) bond motifs is 2. The lowest BCUT2D eigenvalue weighted by atomic mass is 9.38. The van der Waals surface area contributed by atoms with Gasteiger partial charge in [0.2, 0.25) is 7.28 Å². The number of hydrogen-bond donors (Lipinski definition) is 1. The number of urea groups is 1. The van der Waals surface area contributed by atoms with Crippen LogP contribution >= 0.6 is 0 Å². The van der Waals surface area contributed by atoms with Crippen molar-refractivity contribution in [3.63, 3.8) is 0 Å². The minimum atomic E-state index is -5.03. The van der Waals surface area contributed by atoms with Crippen molar-refractivity contribution in [1.82, 2.24) is 14.9 Å². The number of benzene rings is 2. The van der Waals surface area contributed by atoms with Crippen LogP contribution in [0.4, 0.5) is 35.5 Å². The van der Waals surface area contributed by atoms with Gasteiger partial charge in [-0.1, -0.05) is 6.07 Å². The van der Waals surface area contributed by atoms with E-state index in [1.54, 1.807) is 6.92 Å². The van der Waals surface area contributed by atoms with Crippen LogP contribution in [0.1, 0.15) is 72.4 Å². The van der Waals surface area contributed by atoms with Crippen molar-refractivity contribution >= 4 is 13.3 Å². The summed E-state index contributed by atoms with van der Waals surface area (Å²) in [4.78, 5) is 28.2. The van der Waals surface area contributed by atoms with Gasteiger partial charge in [0.15, 0.2) is 0 Å². The maximum Gasteiger partial charge on any atom is 0.416 e. The number of alkyl halides is 6. The zero-order chi connectivity index (χ0) is 35.1. The largest absolute Gasteiger partial charge is 0.481 e. The molecule has 2 bridgehead atoms. The molecule has 1 radical (unpaired) electrons. The standard InChI is InChI=1S/C32H36BF7N3O5/c1-20-14-25(34)6-7-26(20)27-19-42(48-47-30-10-4-8-29(33-30,9-5-11-30)46-21(2)44)12-13-43(27)28(45)41(3)18-22-15-23(31(35,36)37)17-24(16-22)32(38,39)40/h6-7,14-17,27,44H,2,4-5,8-13,18-19H2,1,3H3/t27-,29?,30?/m1/s1. The normalized spacial score (nSPS) is 24.9. The van der Waals surface area contributed by atoms with E-state index in [0.717, 1.165) is 17.7 Å². The topological polar surface area (TPSA) is 74.7 Å². The molecule has 0 aromatic heterocycles. The molecule has 1 atom stereocenters. The third kappa shape index (κ3) is 8.03. The second kappa shape index (κ2) is 13.4. The Morgan fingerprint density at radius 2 is 1.60 bits per heavy atom. The average Bonchev–Trinajstić information content (AvgIpc) is 2.98. The van der Waals surface area contributed by atoms with Crippen LogP contribution in [0, 0.1) is 12.7 Å². The molecule has 3 fully saturated rings. The Balaban J connectivity index is 1.34. The summed E-state index contributed by atoms with van der Waals surface area (Å²) in [5.41, 5.74) is -3.76. The second-order valence-corrected chi connectivity index (χ2v) is 12.8. The van der Waals surface area contributed by atoms with Gasteiger partial charge in [0.25, 0.3) is 5.95 Å². The monoisotopic (exact) mass is 686 g/mol. The van der Waals surface area contributed by atoms with Gasteiger partial charge in [-0.15, -0.1) is 4.99 Å². The summed E-state index contributed by atoms with van der Waals surface area (Å²) < 4.78 is 100. The predicted molar refractivity (Wildman–Crippen MR) is 159 cm³/mol. The maximum atomic E-state index is 14.1. The molecule has 2 aromatic rings. The van der Waals surface area contributed by atoms with Crippen molar-refractivity contribution in [2.75, 3.05) is 26.7 Å². The number of aliphatic hydroxyl groups is 1. The van der Waals surface area contributed by atoms with Gasteiger partial charge in [0, 0.05) is 26.7 Å². The Bertz CT molecular complexity index is 1480. The van der Waals surface area contributed by atoms with E-state index < -0.39 is 58.9 Å². The van der Waals surface area contributed by atoms with Crippen molar-refractivity contribution in [2.45, 2.75) is 81.4 Å². The quantitative estimate of drug-likeness (QED) is 0.102. The first kappa shape index (κ1) is 35.8. The fourth-order valence-electron chi connectivity index (χ4n) is 7.00. The fourth-order valence-corrected chi connectivity index (χ4v) is 7.00. The molecule has 16 heteroatoms. The molecule has 1 N–H and O–H groups in total. The molecule has 2 amide bonds. The minimum absolute atomic E-state index is 0.0360. The molecule has 0 unspecified atom stereocenters.